The van der Waals surface area contributed by atoms with Gasteiger partial charge in [-0.2, -0.15) is 8.78 Å². The molecule has 0 aliphatic carbocycles. The molecule has 1 aromatic carbocycles. The third-order valence-electron chi connectivity index (χ3n) is 3.56. The lowest BCUT2D eigenvalue weighted by Crippen LogP contribution is -2.41. The van der Waals surface area contributed by atoms with E-state index in [0.717, 1.165) is 0 Å². The van der Waals surface area contributed by atoms with Crippen LogP contribution in [0.25, 0.3) is 0 Å². The van der Waals surface area contributed by atoms with Crippen molar-refractivity contribution in [3.05, 3.63) is 53.3 Å². The maximum atomic E-state index is 12.5. The van der Waals surface area contributed by atoms with E-state index in [9.17, 15) is 17.2 Å². The number of hydrogen-bond acceptors (Lipinski definition) is 5. The zero-order valence-corrected chi connectivity index (χ0v) is 17.0. The molecule has 0 saturated heterocycles. The van der Waals surface area contributed by atoms with Crippen LogP contribution in [0, 0.1) is 0 Å². The van der Waals surface area contributed by atoms with E-state index in [0.29, 0.717) is 16.5 Å². The minimum absolute atomic E-state index is 0.00316. The van der Waals surface area contributed by atoms with Gasteiger partial charge in [0.25, 0.3) is 0 Å². The van der Waals surface area contributed by atoms with Crippen molar-refractivity contribution in [1.82, 2.24) is 20.3 Å². The highest BCUT2D eigenvalue weighted by Crippen LogP contribution is 2.24. The maximum absolute atomic E-state index is 12.5. The second kappa shape index (κ2) is 10.9. The number of sulfonamides is 1. The Kier molecular flexibility index (Phi) is 8.55. The molecule has 0 radical (unpaired) electrons. The fourth-order valence-electron chi connectivity index (χ4n) is 2.25. The number of hydrogen-bond donors (Lipinski definition) is 3. The molecular weight excluding hydrogens is 428 g/mol. The summed E-state index contributed by atoms with van der Waals surface area (Å²) in [5.41, 5.74) is 0.415. The van der Waals surface area contributed by atoms with Crippen LogP contribution in [-0.2, 0) is 16.6 Å². The molecule has 0 atom stereocenters. The third-order valence-corrected chi connectivity index (χ3v) is 5.24. The SMILES string of the molecule is CN=C(NCCNS(=O)(=O)c1cccnc1)NCc1cc(Cl)ccc1OC(F)F. The number of halogens is 3. The molecule has 29 heavy (non-hydrogen) atoms. The second-order valence-electron chi connectivity index (χ2n) is 5.57. The highest BCUT2D eigenvalue weighted by molar-refractivity contribution is 7.89. The van der Waals surface area contributed by atoms with Gasteiger partial charge < -0.3 is 15.4 Å². The van der Waals surface area contributed by atoms with Gasteiger partial charge in [0.05, 0.1) is 0 Å². The Morgan fingerprint density at radius 2 is 2.07 bits per heavy atom. The quantitative estimate of drug-likeness (QED) is 0.308. The topological polar surface area (TPSA) is 105 Å². The molecule has 0 fully saturated rings. The Hall–Kier alpha value is -2.50. The molecule has 12 heteroatoms. The van der Waals surface area contributed by atoms with Crippen LogP contribution in [0.15, 0.2) is 52.6 Å². The number of rotatable bonds is 9. The third kappa shape index (κ3) is 7.44. The standard InChI is InChI=1S/C17H20ClF2N5O3S/c1-21-17(23-7-8-25-29(26,27)14-3-2-6-22-11-14)24-10-12-9-13(18)4-5-15(12)28-16(19)20/h2-6,9,11,16,25H,7-8,10H2,1H3,(H2,21,23,24). The highest BCUT2D eigenvalue weighted by atomic mass is 35.5. The van der Waals surface area contributed by atoms with E-state index < -0.39 is 16.6 Å². The van der Waals surface area contributed by atoms with Crippen LogP contribution in [0.2, 0.25) is 5.02 Å². The first-order valence-corrected chi connectivity index (χ1v) is 10.3. The molecule has 0 bridgehead atoms. The van der Waals surface area contributed by atoms with Crippen LogP contribution in [0.4, 0.5) is 8.78 Å². The number of aromatic nitrogens is 1. The van der Waals surface area contributed by atoms with Crippen molar-refractivity contribution >= 4 is 27.6 Å². The van der Waals surface area contributed by atoms with E-state index in [2.05, 4.69) is 30.1 Å². The summed E-state index contributed by atoms with van der Waals surface area (Å²) in [6.45, 7) is -2.52. The molecule has 3 N–H and O–H groups in total. The van der Waals surface area contributed by atoms with Crippen LogP contribution >= 0.6 is 11.6 Å². The van der Waals surface area contributed by atoms with Gasteiger partial charge in [0.15, 0.2) is 5.96 Å². The van der Waals surface area contributed by atoms with Gasteiger partial charge in [-0.15, -0.1) is 0 Å². The van der Waals surface area contributed by atoms with Gasteiger partial charge in [0.1, 0.15) is 10.6 Å². The average Bonchev–Trinajstić information content (AvgIpc) is 2.69. The number of pyridine rings is 1. The number of benzene rings is 1. The predicted molar refractivity (Wildman–Crippen MR) is 106 cm³/mol. The average molecular weight is 448 g/mol. The van der Waals surface area contributed by atoms with Crippen molar-refractivity contribution in [2.45, 2.75) is 18.1 Å². The Balaban J connectivity index is 1.85. The molecule has 2 aromatic rings. The lowest BCUT2D eigenvalue weighted by molar-refractivity contribution is -0.0504. The summed E-state index contributed by atoms with van der Waals surface area (Å²) in [5.74, 6) is 0.338. The number of nitrogens with zero attached hydrogens (tertiary/aromatic N) is 2. The molecule has 0 aliphatic heterocycles. The number of guanidine groups is 1. The zero-order chi connectivity index (χ0) is 21.3. The fourth-order valence-corrected chi connectivity index (χ4v) is 3.44. The molecular formula is C17H20ClF2N5O3S. The van der Waals surface area contributed by atoms with Crippen LogP contribution in [0.5, 0.6) is 5.75 Å². The van der Waals surface area contributed by atoms with Gasteiger partial charge in [-0.25, -0.2) is 13.1 Å². The van der Waals surface area contributed by atoms with Crippen molar-refractivity contribution in [2.24, 2.45) is 4.99 Å². The smallest absolute Gasteiger partial charge is 0.387 e. The first kappa shape index (κ1) is 22.8. The fraction of sp³-hybridized carbons (Fsp3) is 0.294. The molecule has 1 heterocycles. The molecule has 0 amide bonds. The van der Waals surface area contributed by atoms with Gasteiger partial charge in [0.2, 0.25) is 10.0 Å². The maximum Gasteiger partial charge on any atom is 0.387 e. The first-order valence-electron chi connectivity index (χ1n) is 8.39. The molecule has 0 unspecified atom stereocenters. The predicted octanol–water partition coefficient (Wildman–Crippen LogP) is 1.98. The van der Waals surface area contributed by atoms with Crippen LogP contribution in [0.1, 0.15) is 5.56 Å². The lowest BCUT2D eigenvalue weighted by Gasteiger charge is -2.15. The van der Waals surface area contributed by atoms with Gasteiger partial charge in [-0.1, -0.05) is 11.6 Å². The Morgan fingerprint density at radius 1 is 1.28 bits per heavy atom. The van der Waals surface area contributed by atoms with E-state index in [1.807, 2.05) is 0 Å². The number of nitrogens with one attached hydrogen (secondary N) is 3. The summed E-state index contributed by atoms with van der Waals surface area (Å²) in [5, 5.41) is 6.21. The largest absolute Gasteiger partial charge is 0.434 e. The van der Waals surface area contributed by atoms with Crippen molar-refractivity contribution < 1.29 is 21.9 Å². The minimum Gasteiger partial charge on any atom is -0.434 e. The van der Waals surface area contributed by atoms with E-state index in [1.165, 1.54) is 49.8 Å². The Morgan fingerprint density at radius 3 is 2.72 bits per heavy atom. The highest BCUT2D eigenvalue weighted by Gasteiger charge is 2.13. The number of alkyl halides is 2. The molecule has 158 valence electrons. The van der Waals surface area contributed by atoms with Crippen molar-refractivity contribution in [2.75, 3.05) is 20.1 Å². The van der Waals surface area contributed by atoms with Gasteiger partial charge >= 0.3 is 6.61 Å². The first-order chi connectivity index (χ1) is 13.8. The normalized spacial score (nSPS) is 12.1. The Labute approximate surface area is 172 Å². The van der Waals surface area contributed by atoms with Gasteiger partial charge in [0, 0.05) is 49.7 Å². The number of ether oxygens (including phenoxy) is 1. The molecule has 0 spiro atoms. The number of aliphatic imine (C=N–C) groups is 1. The summed E-state index contributed by atoms with van der Waals surface area (Å²) in [6.07, 6.45) is 2.73. The van der Waals surface area contributed by atoms with Crippen LogP contribution in [0.3, 0.4) is 0 Å². The van der Waals surface area contributed by atoms with E-state index in [-0.39, 0.29) is 30.3 Å². The van der Waals surface area contributed by atoms with Gasteiger partial charge in [-0.3, -0.25) is 9.98 Å². The van der Waals surface area contributed by atoms with E-state index in [4.69, 9.17) is 11.6 Å². The van der Waals surface area contributed by atoms with E-state index in [1.54, 1.807) is 0 Å². The van der Waals surface area contributed by atoms with Crippen molar-refractivity contribution in [3.8, 4) is 5.75 Å². The van der Waals surface area contributed by atoms with Crippen LogP contribution < -0.4 is 20.1 Å². The van der Waals surface area contributed by atoms with E-state index >= 15 is 0 Å². The summed E-state index contributed by atoms with van der Waals surface area (Å²) in [6, 6.07) is 7.27. The summed E-state index contributed by atoms with van der Waals surface area (Å²) >= 11 is 5.91. The molecule has 8 nitrogen and oxygen atoms in total. The monoisotopic (exact) mass is 447 g/mol. The Bertz CT molecular complexity index is 930. The molecule has 2 rings (SSSR count). The summed E-state index contributed by atoms with van der Waals surface area (Å²) in [4.78, 5) is 7.83. The van der Waals surface area contributed by atoms with Crippen molar-refractivity contribution in [1.29, 1.82) is 0 Å². The lowest BCUT2D eigenvalue weighted by atomic mass is 10.2. The zero-order valence-electron chi connectivity index (χ0n) is 15.4. The second-order valence-corrected chi connectivity index (χ2v) is 7.77. The minimum atomic E-state index is -3.66. The van der Waals surface area contributed by atoms with Gasteiger partial charge in [-0.05, 0) is 30.3 Å². The summed E-state index contributed by atoms with van der Waals surface area (Å²) < 4.78 is 56.1. The van der Waals surface area contributed by atoms with Crippen molar-refractivity contribution in [3.63, 3.8) is 0 Å². The molecule has 1 aromatic heterocycles. The summed E-state index contributed by atoms with van der Waals surface area (Å²) in [7, 11) is -2.14. The molecule has 0 aliphatic rings. The van der Waals surface area contributed by atoms with Crippen LogP contribution in [-0.4, -0.2) is 46.1 Å². The molecule has 0 saturated carbocycles.